The SMILES string of the molecule is COc1ccc(N(C)C(=O)c2ccc([S@](C)=O)cc2)cn1. The van der Waals surface area contributed by atoms with Crippen molar-refractivity contribution in [2.75, 3.05) is 25.3 Å². The lowest BCUT2D eigenvalue weighted by Gasteiger charge is -2.17. The maximum Gasteiger partial charge on any atom is 0.258 e. The second-order valence-electron chi connectivity index (χ2n) is 4.40. The van der Waals surface area contributed by atoms with Gasteiger partial charge in [0.25, 0.3) is 5.91 Å². The Labute approximate surface area is 126 Å². The molecule has 0 fully saturated rings. The Hall–Kier alpha value is -2.21. The largest absolute Gasteiger partial charge is 0.481 e. The van der Waals surface area contributed by atoms with Gasteiger partial charge in [-0.05, 0) is 30.3 Å². The maximum atomic E-state index is 12.4. The first-order valence-corrected chi connectivity index (χ1v) is 7.80. The Balaban J connectivity index is 2.19. The van der Waals surface area contributed by atoms with E-state index in [4.69, 9.17) is 4.74 Å². The molecule has 0 unspecified atom stereocenters. The number of aromatic nitrogens is 1. The van der Waals surface area contributed by atoms with Gasteiger partial charge in [0.15, 0.2) is 0 Å². The summed E-state index contributed by atoms with van der Waals surface area (Å²) in [6, 6.07) is 10.2. The Morgan fingerprint density at radius 1 is 1.19 bits per heavy atom. The zero-order valence-corrected chi connectivity index (χ0v) is 12.9. The molecule has 1 amide bonds. The highest BCUT2D eigenvalue weighted by molar-refractivity contribution is 7.84. The third-order valence-electron chi connectivity index (χ3n) is 3.05. The highest BCUT2D eigenvalue weighted by atomic mass is 32.2. The molecule has 2 aromatic rings. The van der Waals surface area contributed by atoms with Crippen molar-refractivity contribution in [1.29, 1.82) is 0 Å². The number of nitrogens with zero attached hydrogens (tertiary/aromatic N) is 2. The van der Waals surface area contributed by atoms with Gasteiger partial charge in [0, 0.05) is 40.6 Å². The molecule has 0 saturated carbocycles. The predicted molar refractivity (Wildman–Crippen MR) is 82.3 cm³/mol. The number of amides is 1. The van der Waals surface area contributed by atoms with Crippen LogP contribution in [0.2, 0.25) is 0 Å². The van der Waals surface area contributed by atoms with Crippen LogP contribution >= 0.6 is 0 Å². The molecule has 0 spiro atoms. The highest BCUT2D eigenvalue weighted by Crippen LogP contribution is 2.18. The summed E-state index contributed by atoms with van der Waals surface area (Å²) < 4.78 is 16.3. The van der Waals surface area contributed by atoms with Crippen LogP contribution in [0, 0.1) is 0 Å². The molecule has 2 rings (SSSR count). The van der Waals surface area contributed by atoms with Crippen LogP contribution in [0.4, 0.5) is 5.69 Å². The van der Waals surface area contributed by atoms with Gasteiger partial charge in [-0.25, -0.2) is 4.98 Å². The third-order valence-corrected chi connectivity index (χ3v) is 3.99. The van der Waals surface area contributed by atoms with Crippen molar-refractivity contribution in [2.45, 2.75) is 4.90 Å². The number of hydrogen-bond donors (Lipinski definition) is 0. The molecule has 110 valence electrons. The molecule has 1 heterocycles. The van der Waals surface area contributed by atoms with Gasteiger partial charge in [0.1, 0.15) is 0 Å². The van der Waals surface area contributed by atoms with Crippen molar-refractivity contribution in [1.82, 2.24) is 4.98 Å². The molecule has 5 nitrogen and oxygen atoms in total. The Bertz CT molecular complexity index is 654. The van der Waals surface area contributed by atoms with Crippen molar-refractivity contribution in [3.8, 4) is 5.88 Å². The minimum absolute atomic E-state index is 0.157. The smallest absolute Gasteiger partial charge is 0.258 e. The zero-order chi connectivity index (χ0) is 15.4. The van der Waals surface area contributed by atoms with Crippen LogP contribution in [0.1, 0.15) is 10.4 Å². The van der Waals surface area contributed by atoms with E-state index in [1.807, 2.05) is 0 Å². The van der Waals surface area contributed by atoms with Gasteiger partial charge in [-0.15, -0.1) is 0 Å². The fourth-order valence-electron chi connectivity index (χ4n) is 1.79. The third kappa shape index (κ3) is 3.46. The van der Waals surface area contributed by atoms with Gasteiger partial charge in [0.2, 0.25) is 5.88 Å². The molecule has 0 bridgehead atoms. The van der Waals surface area contributed by atoms with E-state index in [9.17, 15) is 9.00 Å². The topological polar surface area (TPSA) is 59.5 Å². The number of hydrogen-bond acceptors (Lipinski definition) is 4. The van der Waals surface area contributed by atoms with Crippen LogP contribution in [0.25, 0.3) is 0 Å². The van der Waals surface area contributed by atoms with Gasteiger partial charge in [0.05, 0.1) is 19.0 Å². The Morgan fingerprint density at radius 2 is 1.86 bits per heavy atom. The summed E-state index contributed by atoms with van der Waals surface area (Å²) in [5.74, 6) is 0.338. The lowest BCUT2D eigenvalue weighted by molar-refractivity contribution is 0.0993. The fourth-order valence-corrected chi connectivity index (χ4v) is 2.31. The molecule has 1 aromatic heterocycles. The molecule has 0 radical (unpaired) electrons. The van der Waals surface area contributed by atoms with Gasteiger partial charge in [-0.1, -0.05) is 0 Å². The molecular formula is C15H16N2O3S. The molecule has 0 N–H and O–H groups in total. The van der Waals surface area contributed by atoms with Crippen LogP contribution in [0.3, 0.4) is 0 Å². The molecule has 0 aliphatic rings. The van der Waals surface area contributed by atoms with E-state index in [1.54, 1.807) is 55.9 Å². The number of rotatable bonds is 4. The van der Waals surface area contributed by atoms with Crippen molar-refractivity contribution in [2.24, 2.45) is 0 Å². The van der Waals surface area contributed by atoms with Crippen LogP contribution in [-0.2, 0) is 10.8 Å². The molecular weight excluding hydrogens is 288 g/mol. The summed E-state index contributed by atoms with van der Waals surface area (Å²) in [4.78, 5) is 18.6. The van der Waals surface area contributed by atoms with Crippen molar-refractivity contribution in [3.63, 3.8) is 0 Å². The maximum absolute atomic E-state index is 12.4. The molecule has 0 saturated heterocycles. The Kier molecular flexibility index (Phi) is 4.70. The van der Waals surface area contributed by atoms with E-state index in [1.165, 1.54) is 12.0 Å². The summed E-state index contributed by atoms with van der Waals surface area (Å²) in [7, 11) is 2.17. The summed E-state index contributed by atoms with van der Waals surface area (Å²) in [6.07, 6.45) is 3.18. The van der Waals surface area contributed by atoms with Crippen LogP contribution in [0.15, 0.2) is 47.5 Å². The van der Waals surface area contributed by atoms with Gasteiger partial charge >= 0.3 is 0 Å². The average molecular weight is 304 g/mol. The van der Waals surface area contributed by atoms with Crippen molar-refractivity contribution in [3.05, 3.63) is 48.2 Å². The predicted octanol–water partition coefficient (Wildman–Crippen LogP) is 2.10. The van der Waals surface area contributed by atoms with Crippen LogP contribution in [-0.4, -0.2) is 35.5 Å². The fraction of sp³-hybridized carbons (Fsp3) is 0.200. The lowest BCUT2D eigenvalue weighted by Crippen LogP contribution is -2.26. The molecule has 0 aliphatic carbocycles. The summed E-state index contributed by atoms with van der Waals surface area (Å²) in [6.45, 7) is 0. The van der Waals surface area contributed by atoms with E-state index < -0.39 is 10.8 Å². The Morgan fingerprint density at radius 3 is 2.33 bits per heavy atom. The van der Waals surface area contributed by atoms with E-state index in [2.05, 4.69) is 4.98 Å². The second kappa shape index (κ2) is 6.49. The number of anilines is 1. The van der Waals surface area contributed by atoms with E-state index in [0.717, 1.165) is 0 Å². The molecule has 0 aliphatic heterocycles. The normalized spacial score (nSPS) is 11.8. The van der Waals surface area contributed by atoms with Gasteiger partial charge in [-0.2, -0.15) is 0 Å². The molecule has 1 atom stereocenters. The van der Waals surface area contributed by atoms with Gasteiger partial charge in [-0.3, -0.25) is 9.00 Å². The summed E-state index contributed by atoms with van der Waals surface area (Å²) in [5, 5.41) is 0. The first-order chi connectivity index (χ1) is 10.0. The number of pyridine rings is 1. The van der Waals surface area contributed by atoms with E-state index >= 15 is 0 Å². The van der Waals surface area contributed by atoms with E-state index in [0.29, 0.717) is 22.0 Å². The average Bonchev–Trinajstić information content (AvgIpc) is 2.53. The molecule has 6 heteroatoms. The quantitative estimate of drug-likeness (QED) is 0.868. The molecule has 1 aromatic carbocycles. The minimum Gasteiger partial charge on any atom is -0.481 e. The zero-order valence-electron chi connectivity index (χ0n) is 12.1. The number of benzene rings is 1. The molecule has 21 heavy (non-hydrogen) atoms. The number of ether oxygens (including phenoxy) is 1. The highest BCUT2D eigenvalue weighted by Gasteiger charge is 2.14. The first-order valence-electron chi connectivity index (χ1n) is 6.24. The van der Waals surface area contributed by atoms with Gasteiger partial charge < -0.3 is 9.64 Å². The van der Waals surface area contributed by atoms with Crippen molar-refractivity contribution >= 4 is 22.4 Å². The standard InChI is InChI=1S/C15H16N2O3S/c1-17(12-6-9-14(20-2)16-10-12)15(18)11-4-7-13(8-5-11)21(3)19/h4-10H,1-3H3/t21-/m0/s1. The monoisotopic (exact) mass is 304 g/mol. The minimum atomic E-state index is -1.05. The van der Waals surface area contributed by atoms with Crippen LogP contribution < -0.4 is 9.64 Å². The lowest BCUT2D eigenvalue weighted by atomic mass is 10.2. The number of carbonyl (C=O) groups excluding carboxylic acids is 1. The summed E-state index contributed by atoms with van der Waals surface area (Å²) >= 11 is 0. The van der Waals surface area contributed by atoms with E-state index in [-0.39, 0.29) is 5.91 Å². The number of methoxy groups -OCH3 is 1. The summed E-state index contributed by atoms with van der Waals surface area (Å²) in [5.41, 5.74) is 1.20. The second-order valence-corrected chi connectivity index (χ2v) is 5.78. The van der Waals surface area contributed by atoms with Crippen molar-refractivity contribution < 1.29 is 13.7 Å². The number of carbonyl (C=O) groups is 1. The van der Waals surface area contributed by atoms with Crippen LogP contribution in [0.5, 0.6) is 5.88 Å². The first kappa shape index (κ1) is 15.2.